The molecule has 1 aromatic carbocycles. The molecule has 2 saturated heterocycles. The topological polar surface area (TPSA) is 66.0 Å². The second kappa shape index (κ2) is 9.43. The van der Waals surface area contributed by atoms with E-state index < -0.39 is 0 Å². The molecular formula is C23H27FN4O3. The second-order valence-electron chi connectivity index (χ2n) is 8.01. The van der Waals surface area contributed by atoms with Gasteiger partial charge in [-0.25, -0.2) is 9.37 Å². The molecule has 2 aliphatic rings. The van der Waals surface area contributed by atoms with E-state index in [0.717, 1.165) is 30.9 Å². The molecule has 0 radical (unpaired) electrons. The van der Waals surface area contributed by atoms with Crippen LogP contribution in [0.1, 0.15) is 22.3 Å². The average Bonchev–Trinajstić information content (AvgIpc) is 3.30. The highest BCUT2D eigenvalue weighted by Gasteiger charge is 2.31. The molecule has 0 N–H and O–H groups in total. The smallest absolute Gasteiger partial charge is 0.255 e. The highest BCUT2D eigenvalue weighted by molar-refractivity contribution is 5.94. The number of ether oxygens (including phenoxy) is 1. The lowest BCUT2D eigenvalue weighted by atomic mass is 10.1. The van der Waals surface area contributed by atoms with Gasteiger partial charge in [0.15, 0.2) is 0 Å². The monoisotopic (exact) mass is 426 g/mol. The summed E-state index contributed by atoms with van der Waals surface area (Å²) in [5.74, 6) is 0.428. The number of amides is 2. The zero-order chi connectivity index (χ0) is 21.8. The molecule has 7 nitrogen and oxygen atoms in total. The quantitative estimate of drug-likeness (QED) is 0.732. The van der Waals surface area contributed by atoms with Gasteiger partial charge < -0.3 is 19.4 Å². The van der Waals surface area contributed by atoms with Crippen molar-refractivity contribution in [2.75, 3.05) is 51.3 Å². The maximum absolute atomic E-state index is 13.1. The van der Waals surface area contributed by atoms with Crippen molar-refractivity contribution in [3.05, 3.63) is 59.5 Å². The van der Waals surface area contributed by atoms with Crippen molar-refractivity contribution in [3.8, 4) is 0 Å². The molecule has 2 fully saturated rings. The van der Waals surface area contributed by atoms with Gasteiger partial charge >= 0.3 is 0 Å². The Morgan fingerprint density at radius 2 is 1.87 bits per heavy atom. The minimum atomic E-state index is -0.318. The van der Waals surface area contributed by atoms with Crippen molar-refractivity contribution in [1.29, 1.82) is 0 Å². The van der Waals surface area contributed by atoms with Gasteiger partial charge in [0.25, 0.3) is 5.91 Å². The number of rotatable bonds is 5. The second-order valence-corrected chi connectivity index (χ2v) is 8.01. The molecule has 4 rings (SSSR count). The zero-order valence-electron chi connectivity index (χ0n) is 17.7. The summed E-state index contributed by atoms with van der Waals surface area (Å²) in [4.78, 5) is 35.6. The molecule has 0 aliphatic carbocycles. The highest BCUT2D eigenvalue weighted by Crippen LogP contribution is 2.20. The number of nitrogens with zero attached hydrogens (tertiary/aromatic N) is 4. The van der Waals surface area contributed by atoms with E-state index in [4.69, 9.17) is 4.74 Å². The van der Waals surface area contributed by atoms with Gasteiger partial charge in [0.2, 0.25) is 5.91 Å². The van der Waals surface area contributed by atoms with Crippen LogP contribution in [0, 0.1) is 5.82 Å². The third-order valence-corrected chi connectivity index (χ3v) is 5.99. The predicted molar refractivity (Wildman–Crippen MR) is 114 cm³/mol. The van der Waals surface area contributed by atoms with Gasteiger partial charge in [-0.2, -0.15) is 0 Å². The molecule has 0 spiro atoms. The summed E-state index contributed by atoms with van der Waals surface area (Å²) >= 11 is 0. The molecule has 31 heavy (non-hydrogen) atoms. The summed E-state index contributed by atoms with van der Waals surface area (Å²) < 4.78 is 18.4. The number of hydrogen-bond donors (Lipinski definition) is 0. The summed E-state index contributed by atoms with van der Waals surface area (Å²) in [5.41, 5.74) is 1.33. The fourth-order valence-electron chi connectivity index (χ4n) is 4.02. The van der Waals surface area contributed by atoms with E-state index in [-0.39, 0.29) is 30.1 Å². The van der Waals surface area contributed by atoms with Crippen LogP contribution in [0.2, 0.25) is 0 Å². The Balaban J connectivity index is 1.32. The molecule has 2 amide bonds. The first-order chi connectivity index (χ1) is 15.0. The minimum absolute atomic E-state index is 0.0301. The van der Waals surface area contributed by atoms with Crippen LogP contribution in [0.5, 0.6) is 0 Å². The summed E-state index contributed by atoms with van der Waals surface area (Å²) in [7, 11) is 1.77. The number of morpholine rings is 1. The highest BCUT2D eigenvalue weighted by atomic mass is 19.1. The van der Waals surface area contributed by atoms with E-state index in [1.54, 1.807) is 35.2 Å². The van der Waals surface area contributed by atoms with E-state index in [9.17, 15) is 14.0 Å². The summed E-state index contributed by atoms with van der Waals surface area (Å²) in [5, 5.41) is 0. The van der Waals surface area contributed by atoms with Crippen molar-refractivity contribution in [3.63, 3.8) is 0 Å². The first kappa shape index (κ1) is 21.2. The predicted octanol–water partition coefficient (Wildman–Crippen LogP) is 1.97. The van der Waals surface area contributed by atoms with Gasteiger partial charge in [-0.3, -0.25) is 9.59 Å². The summed E-state index contributed by atoms with van der Waals surface area (Å²) in [6.07, 6.45) is 2.58. The van der Waals surface area contributed by atoms with Crippen LogP contribution in [0.15, 0.2) is 42.6 Å². The molecule has 0 bridgehead atoms. The van der Waals surface area contributed by atoms with Crippen LogP contribution in [0.4, 0.5) is 10.2 Å². The Morgan fingerprint density at radius 3 is 2.55 bits per heavy atom. The van der Waals surface area contributed by atoms with E-state index in [1.165, 1.54) is 12.1 Å². The third kappa shape index (κ3) is 5.02. The largest absolute Gasteiger partial charge is 0.378 e. The number of pyridine rings is 1. The van der Waals surface area contributed by atoms with Crippen molar-refractivity contribution in [2.24, 2.45) is 0 Å². The molecule has 1 unspecified atom stereocenters. The van der Waals surface area contributed by atoms with E-state index in [1.807, 2.05) is 12.1 Å². The molecule has 2 aromatic rings. The molecule has 8 heteroatoms. The summed E-state index contributed by atoms with van der Waals surface area (Å²) in [6.45, 7) is 4.06. The normalized spacial score (nSPS) is 18.8. The minimum Gasteiger partial charge on any atom is -0.378 e. The lowest BCUT2D eigenvalue weighted by Gasteiger charge is -2.28. The standard InChI is InChI=1S/C23H27FN4O3/c1-26(22(29)14-17-2-5-19(24)6-3-17)20-8-9-28(16-20)23(30)18-4-7-21(25-15-18)27-10-12-31-13-11-27/h2-7,15,20H,8-14,16H2,1H3. The van der Waals surface area contributed by atoms with Gasteiger partial charge in [-0.15, -0.1) is 0 Å². The maximum atomic E-state index is 13.1. The van der Waals surface area contributed by atoms with Gasteiger partial charge in [-0.05, 0) is 36.2 Å². The lowest BCUT2D eigenvalue weighted by Crippen LogP contribution is -2.40. The van der Waals surface area contributed by atoms with Crippen LogP contribution < -0.4 is 4.90 Å². The Bertz CT molecular complexity index is 913. The number of benzene rings is 1. The van der Waals surface area contributed by atoms with Gasteiger partial charge in [0.05, 0.1) is 31.2 Å². The molecule has 164 valence electrons. The number of hydrogen-bond acceptors (Lipinski definition) is 5. The van der Waals surface area contributed by atoms with Crippen molar-refractivity contribution >= 4 is 17.6 Å². The number of carbonyl (C=O) groups excluding carboxylic acids is 2. The Kier molecular flexibility index (Phi) is 6.46. The van der Waals surface area contributed by atoms with Gasteiger partial charge in [0, 0.05) is 39.4 Å². The van der Waals surface area contributed by atoms with Crippen LogP contribution in [-0.4, -0.2) is 79.1 Å². The van der Waals surface area contributed by atoms with Gasteiger partial charge in [0.1, 0.15) is 11.6 Å². The summed E-state index contributed by atoms with van der Waals surface area (Å²) in [6, 6.07) is 9.63. The molecule has 1 atom stereocenters. The fourth-order valence-corrected chi connectivity index (χ4v) is 4.02. The van der Waals surface area contributed by atoms with Crippen molar-refractivity contribution in [1.82, 2.24) is 14.8 Å². The number of halogens is 1. The number of likely N-dealkylation sites (N-methyl/N-ethyl adjacent to an activating group) is 1. The molecule has 0 saturated carbocycles. The number of aromatic nitrogens is 1. The van der Waals surface area contributed by atoms with Crippen molar-refractivity contribution < 1.29 is 18.7 Å². The third-order valence-electron chi connectivity index (χ3n) is 5.99. The molecular weight excluding hydrogens is 399 g/mol. The van der Waals surface area contributed by atoms with Crippen LogP contribution in [0.3, 0.4) is 0 Å². The fraction of sp³-hybridized carbons (Fsp3) is 0.435. The first-order valence-electron chi connectivity index (χ1n) is 10.6. The molecule has 2 aliphatic heterocycles. The van der Waals surface area contributed by atoms with E-state index >= 15 is 0 Å². The van der Waals surface area contributed by atoms with Crippen molar-refractivity contribution in [2.45, 2.75) is 18.9 Å². The molecule has 3 heterocycles. The van der Waals surface area contributed by atoms with E-state index in [2.05, 4.69) is 9.88 Å². The van der Waals surface area contributed by atoms with Crippen LogP contribution in [-0.2, 0) is 16.0 Å². The lowest BCUT2D eigenvalue weighted by molar-refractivity contribution is -0.131. The number of carbonyl (C=O) groups is 2. The molecule has 1 aromatic heterocycles. The Hall–Kier alpha value is -3.00. The number of likely N-dealkylation sites (tertiary alicyclic amines) is 1. The Labute approximate surface area is 181 Å². The Morgan fingerprint density at radius 1 is 1.13 bits per heavy atom. The maximum Gasteiger partial charge on any atom is 0.255 e. The SMILES string of the molecule is CN(C(=O)Cc1ccc(F)cc1)C1CCN(C(=O)c2ccc(N3CCOCC3)nc2)C1. The zero-order valence-corrected chi connectivity index (χ0v) is 17.7. The number of anilines is 1. The first-order valence-corrected chi connectivity index (χ1v) is 10.6. The average molecular weight is 426 g/mol. The van der Waals surface area contributed by atoms with Gasteiger partial charge in [-0.1, -0.05) is 12.1 Å². The van der Waals surface area contributed by atoms with E-state index in [0.29, 0.717) is 31.9 Å². The van der Waals surface area contributed by atoms with Crippen LogP contribution in [0.25, 0.3) is 0 Å². The van der Waals surface area contributed by atoms with Crippen LogP contribution >= 0.6 is 0 Å².